The van der Waals surface area contributed by atoms with Gasteiger partial charge in [-0.25, -0.2) is 0 Å². The number of hydrogen-bond donors (Lipinski definition) is 1. The summed E-state index contributed by atoms with van der Waals surface area (Å²) in [5.74, 6) is 0. The lowest BCUT2D eigenvalue weighted by atomic mass is 10.1. The van der Waals surface area contributed by atoms with Gasteiger partial charge in [-0.3, -0.25) is 10.3 Å². The number of aliphatic imine (C=N–C) groups is 1. The van der Waals surface area contributed by atoms with Crippen LogP contribution in [0.4, 0.5) is 0 Å². The topological polar surface area (TPSA) is 24.4 Å². The molecule has 3 heteroatoms. The van der Waals surface area contributed by atoms with E-state index in [4.69, 9.17) is 11.6 Å². The number of halogens is 1. The molecule has 0 unspecified atom stereocenters. The Bertz CT molecular complexity index is 219. The molecule has 1 heterocycles. The van der Waals surface area contributed by atoms with E-state index in [2.05, 4.69) is 16.9 Å². The number of hydrogen-bond acceptors (Lipinski definition) is 2. The van der Waals surface area contributed by atoms with Crippen LogP contribution < -0.4 is 5.32 Å². The second-order valence-electron chi connectivity index (χ2n) is 2.73. The van der Waals surface area contributed by atoms with Gasteiger partial charge in [0.1, 0.15) is 5.17 Å². The van der Waals surface area contributed by atoms with Crippen molar-refractivity contribution in [3.05, 3.63) is 24.3 Å². The minimum absolute atomic E-state index is 0.533. The zero-order valence-corrected chi connectivity index (χ0v) is 7.77. The van der Waals surface area contributed by atoms with Crippen molar-refractivity contribution >= 4 is 16.8 Å². The van der Waals surface area contributed by atoms with Crippen LogP contribution in [0.25, 0.3) is 0 Å². The Hall–Kier alpha value is -0.600. The summed E-state index contributed by atoms with van der Waals surface area (Å²) in [6.45, 7) is 5.47. The van der Waals surface area contributed by atoms with Crippen molar-refractivity contribution < 1.29 is 0 Å². The first kappa shape index (κ1) is 9.49. The van der Waals surface area contributed by atoms with Gasteiger partial charge >= 0.3 is 0 Å². The molecule has 12 heavy (non-hydrogen) atoms. The first-order valence-electron chi connectivity index (χ1n) is 4.05. The number of nitrogens with zero attached hydrogens (tertiary/aromatic N) is 1. The molecule has 0 aromatic carbocycles. The minimum atomic E-state index is 0.533. The van der Waals surface area contributed by atoms with E-state index in [-0.39, 0.29) is 0 Å². The zero-order valence-electron chi connectivity index (χ0n) is 7.02. The lowest BCUT2D eigenvalue weighted by Gasteiger charge is -2.04. The Morgan fingerprint density at radius 1 is 1.50 bits per heavy atom. The molecule has 0 aliphatic carbocycles. The summed E-state index contributed by atoms with van der Waals surface area (Å²) in [6.07, 6.45) is 5.85. The molecular formula is C9H13ClN2. The number of allylic oxidation sites excluding steroid dienone is 3. The van der Waals surface area contributed by atoms with Gasteiger partial charge < -0.3 is 0 Å². The van der Waals surface area contributed by atoms with Crippen molar-refractivity contribution in [3.63, 3.8) is 0 Å². The Labute approximate surface area is 78.0 Å². The largest absolute Gasteiger partial charge is 0.298 e. The fraction of sp³-hybridized carbons (Fsp3) is 0.444. The predicted octanol–water partition coefficient (Wildman–Crippen LogP) is 2.08. The quantitative estimate of drug-likeness (QED) is 0.613. The molecule has 0 amide bonds. The van der Waals surface area contributed by atoms with E-state index in [1.165, 1.54) is 0 Å². The maximum Gasteiger partial charge on any atom is 0.125 e. The standard InChI is InChI=1S/C9H13ClN2/c1-8-3-2-6-11-7-12-9(10)5-4-8/h4-5,11H,1-3,6-7H2/b5-4-,12-9+. The van der Waals surface area contributed by atoms with Crippen molar-refractivity contribution in [3.8, 4) is 0 Å². The fourth-order valence-corrected chi connectivity index (χ4v) is 1.10. The second-order valence-corrected chi connectivity index (χ2v) is 3.12. The third-order valence-corrected chi connectivity index (χ3v) is 1.90. The van der Waals surface area contributed by atoms with Gasteiger partial charge in [0.05, 0.1) is 6.67 Å². The molecule has 1 rings (SSSR count). The van der Waals surface area contributed by atoms with Crippen LogP contribution in [0.1, 0.15) is 12.8 Å². The lowest BCUT2D eigenvalue weighted by molar-refractivity contribution is 0.664. The second kappa shape index (κ2) is 5.12. The summed E-state index contributed by atoms with van der Waals surface area (Å²) in [5.41, 5.74) is 1.10. The molecule has 2 nitrogen and oxygen atoms in total. The van der Waals surface area contributed by atoms with Gasteiger partial charge in [0.15, 0.2) is 0 Å². The van der Waals surface area contributed by atoms with E-state index < -0.39 is 0 Å². The van der Waals surface area contributed by atoms with Crippen LogP contribution in [0.2, 0.25) is 0 Å². The van der Waals surface area contributed by atoms with Gasteiger partial charge in [-0.05, 0) is 25.5 Å². The van der Waals surface area contributed by atoms with E-state index in [1.807, 2.05) is 6.08 Å². The lowest BCUT2D eigenvalue weighted by Crippen LogP contribution is -2.16. The molecule has 0 saturated carbocycles. The molecule has 1 aliphatic rings. The highest BCUT2D eigenvalue weighted by Crippen LogP contribution is 2.05. The van der Waals surface area contributed by atoms with Crippen LogP contribution in [0.15, 0.2) is 29.3 Å². The molecule has 0 aromatic rings. The van der Waals surface area contributed by atoms with Crippen LogP contribution in [-0.4, -0.2) is 18.4 Å². The monoisotopic (exact) mass is 184 g/mol. The van der Waals surface area contributed by atoms with Gasteiger partial charge in [-0.1, -0.05) is 29.8 Å². The summed E-state index contributed by atoms with van der Waals surface area (Å²) >= 11 is 5.77. The Morgan fingerprint density at radius 3 is 3.17 bits per heavy atom. The smallest absolute Gasteiger partial charge is 0.125 e. The van der Waals surface area contributed by atoms with E-state index in [9.17, 15) is 0 Å². The van der Waals surface area contributed by atoms with Crippen molar-refractivity contribution in [2.75, 3.05) is 13.2 Å². The third-order valence-electron chi connectivity index (χ3n) is 1.65. The number of nitrogens with one attached hydrogen (secondary N) is 1. The zero-order chi connectivity index (χ0) is 8.81. The summed E-state index contributed by atoms with van der Waals surface area (Å²) in [4.78, 5) is 4.06. The Kier molecular flexibility index (Phi) is 4.05. The Balaban J connectivity index is 2.58. The summed E-state index contributed by atoms with van der Waals surface area (Å²) in [5, 5.41) is 3.69. The van der Waals surface area contributed by atoms with Crippen LogP contribution in [0.5, 0.6) is 0 Å². The molecule has 0 saturated heterocycles. The maximum atomic E-state index is 5.77. The van der Waals surface area contributed by atoms with Crippen LogP contribution in [-0.2, 0) is 0 Å². The van der Waals surface area contributed by atoms with Gasteiger partial charge in [0, 0.05) is 0 Å². The van der Waals surface area contributed by atoms with Crippen LogP contribution in [0, 0.1) is 0 Å². The van der Waals surface area contributed by atoms with Gasteiger partial charge in [0.25, 0.3) is 0 Å². The highest BCUT2D eigenvalue weighted by atomic mass is 35.5. The van der Waals surface area contributed by atoms with Gasteiger partial charge in [0.2, 0.25) is 0 Å². The van der Waals surface area contributed by atoms with Crippen LogP contribution in [0.3, 0.4) is 0 Å². The van der Waals surface area contributed by atoms with E-state index in [0.717, 1.165) is 25.0 Å². The Morgan fingerprint density at radius 2 is 2.33 bits per heavy atom. The molecular weight excluding hydrogens is 172 g/mol. The summed E-state index contributed by atoms with van der Waals surface area (Å²) in [6, 6.07) is 0. The molecule has 0 atom stereocenters. The van der Waals surface area contributed by atoms with E-state index in [1.54, 1.807) is 6.08 Å². The normalized spacial score (nSPS) is 27.4. The summed E-state index contributed by atoms with van der Waals surface area (Å²) in [7, 11) is 0. The van der Waals surface area contributed by atoms with Gasteiger partial charge in [-0.2, -0.15) is 0 Å². The maximum absolute atomic E-state index is 5.77. The van der Waals surface area contributed by atoms with Crippen molar-refractivity contribution in [2.45, 2.75) is 12.8 Å². The first-order chi connectivity index (χ1) is 5.79. The molecule has 1 aliphatic heterocycles. The minimum Gasteiger partial charge on any atom is -0.298 e. The average molecular weight is 185 g/mol. The molecule has 0 aromatic heterocycles. The van der Waals surface area contributed by atoms with E-state index in [0.29, 0.717) is 11.8 Å². The van der Waals surface area contributed by atoms with E-state index >= 15 is 0 Å². The van der Waals surface area contributed by atoms with Crippen LogP contribution >= 0.6 is 11.6 Å². The van der Waals surface area contributed by atoms with Crippen molar-refractivity contribution in [1.29, 1.82) is 0 Å². The first-order valence-corrected chi connectivity index (χ1v) is 4.43. The van der Waals surface area contributed by atoms with Crippen molar-refractivity contribution in [2.24, 2.45) is 4.99 Å². The molecule has 66 valence electrons. The van der Waals surface area contributed by atoms with Crippen molar-refractivity contribution in [1.82, 2.24) is 5.32 Å². The highest BCUT2D eigenvalue weighted by Gasteiger charge is 1.94. The molecule has 0 bridgehead atoms. The average Bonchev–Trinajstić information content (AvgIpc) is 2.07. The molecule has 1 N–H and O–H groups in total. The van der Waals surface area contributed by atoms with Gasteiger partial charge in [-0.15, -0.1) is 0 Å². The third kappa shape index (κ3) is 3.69. The predicted molar refractivity (Wildman–Crippen MR) is 53.7 cm³/mol. The highest BCUT2D eigenvalue weighted by molar-refractivity contribution is 6.68. The number of rotatable bonds is 0. The molecule has 0 radical (unpaired) electrons. The SMILES string of the molecule is C=C1/C=C\C(Cl)=N/CNCCC1. The summed E-state index contributed by atoms with van der Waals surface area (Å²) < 4.78 is 0. The molecule has 0 fully saturated rings. The fourth-order valence-electron chi connectivity index (χ4n) is 0.974. The molecule has 0 spiro atoms.